The lowest BCUT2D eigenvalue weighted by Crippen LogP contribution is -2.07. The van der Waals surface area contributed by atoms with Gasteiger partial charge in [-0.1, -0.05) is 18.2 Å². The molecule has 1 aromatic heterocycles. The standard InChI is InChI=1S/C16H23NO3S/c1-18-7-4-8-19-9-10-20-12-14-13-5-2-3-6-15(13)21-16(14)11-17/h2-3,5-6H,4,7-12,17H2,1H3. The molecule has 116 valence electrons. The second kappa shape index (κ2) is 9.12. The predicted octanol–water partition coefficient (Wildman–Crippen LogP) is 2.93. The van der Waals surface area contributed by atoms with Gasteiger partial charge in [0.25, 0.3) is 0 Å². The number of nitrogens with two attached hydrogens (primary N) is 1. The van der Waals surface area contributed by atoms with E-state index in [2.05, 4.69) is 24.3 Å². The summed E-state index contributed by atoms with van der Waals surface area (Å²) >= 11 is 1.75. The Labute approximate surface area is 129 Å². The summed E-state index contributed by atoms with van der Waals surface area (Å²) in [5.74, 6) is 0. The largest absolute Gasteiger partial charge is 0.385 e. The van der Waals surface area contributed by atoms with E-state index in [4.69, 9.17) is 19.9 Å². The van der Waals surface area contributed by atoms with Gasteiger partial charge in [-0.2, -0.15) is 0 Å². The summed E-state index contributed by atoms with van der Waals surface area (Å²) < 4.78 is 17.4. The average molecular weight is 309 g/mol. The van der Waals surface area contributed by atoms with Gasteiger partial charge in [0.05, 0.1) is 19.8 Å². The van der Waals surface area contributed by atoms with Crippen LogP contribution in [0.4, 0.5) is 0 Å². The SMILES string of the molecule is COCCCOCCOCc1c(CN)sc2ccccc12. The monoisotopic (exact) mass is 309 g/mol. The van der Waals surface area contributed by atoms with Crippen molar-refractivity contribution in [3.05, 3.63) is 34.7 Å². The zero-order valence-electron chi connectivity index (χ0n) is 12.5. The Balaban J connectivity index is 1.78. The molecule has 0 fully saturated rings. The van der Waals surface area contributed by atoms with Crippen molar-refractivity contribution in [2.75, 3.05) is 33.5 Å². The van der Waals surface area contributed by atoms with Crippen LogP contribution < -0.4 is 5.73 Å². The van der Waals surface area contributed by atoms with E-state index in [1.54, 1.807) is 18.4 Å². The van der Waals surface area contributed by atoms with Gasteiger partial charge >= 0.3 is 0 Å². The maximum Gasteiger partial charge on any atom is 0.0735 e. The molecule has 1 heterocycles. The zero-order chi connectivity index (χ0) is 14.9. The number of fused-ring (bicyclic) bond motifs is 1. The van der Waals surface area contributed by atoms with Crippen LogP contribution in [0.5, 0.6) is 0 Å². The van der Waals surface area contributed by atoms with Crippen LogP contribution >= 0.6 is 11.3 Å². The first-order valence-electron chi connectivity index (χ1n) is 7.20. The van der Waals surface area contributed by atoms with Crippen LogP contribution in [0.3, 0.4) is 0 Å². The van der Waals surface area contributed by atoms with Crippen LogP contribution in [0.1, 0.15) is 16.9 Å². The number of ether oxygens (including phenoxy) is 3. The third kappa shape index (κ3) is 4.76. The van der Waals surface area contributed by atoms with Gasteiger partial charge in [-0.25, -0.2) is 0 Å². The first-order chi connectivity index (χ1) is 10.4. The van der Waals surface area contributed by atoms with E-state index in [1.807, 2.05) is 0 Å². The lowest BCUT2D eigenvalue weighted by atomic mass is 10.1. The van der Waals surface area contributed by atoms with Gasteiger partial charge < -0.3 is 19.9 Å². The zero-order valence-corrected chi connectivity index (χ0v) is 13.3. The molecule has 0 unspecified atom stereocenters. The molecular formula is C16H23NO3S. The van der Waals surface area contributed by atoms with E-state index in [1.165, 1.54) is 20.5 Å². The molecule has 2 N–H and O–H groups in total. The molecule has 0 spiro atoms. The summed E-state index contributed by atoms with van der Waals surface area (Å²) in [6.07, 6.45) is 0.920. The van der Waals surface area contributed by atoms with Crippen molar-refractivity contribution >= 4 is 21.4 Å². The summed E-state index contributed by atoms with van der Waals surface area (Å²) in [4.78, 5) is 1.21. The molecule has 0 radical (unpaired) electrons. The van der Waals surface area contributed by atoms with Gasteiger partial charge in [0.1, 0.15) is 0 Å². The van der Waals surface area contributed by atoms with Crippen LogP contribution in [0, 0.1) is 0 Å². The molecule has 1 aromatic carbocycles. The van der Waals surface area contributed by atoms with E-state index < -0.39 is 0 Å². The lowest BCUT2D eigenvalue weighted by Gasteiger charge is -2.07. The third-order valence-electron chi connectivity index (χ3n) is 3.22. The summed E-state index contributed by atoms with van der Waals surface area (Å²) in [6, 6.07) is 8.36. The molecule has 2 aromatic rings. The molecule has 0 aliphatic heterocycles. The quantitative estimate of drug-likeness (QED) is 0.686. The molecule has 0 atom stereocenters. The normalized spacial score (nSPS) is 11.3. The van der Waals surface area contributed by atoms with Crippen LogP contribution in [0.25, 0.3) is 10.1 Å². The molecule has 0 saturated carbocycles. The summed E-state index contributed by atoms with van der Waals surface area (Å²) in [5.41, 5.74) is 7.05. The first kappa shape index (κ1) is 16.4. The van der Waals surface area contributed by atoms with E-state index in [-0.39, 0.29) is 0 Å². The molecule has 2 rings (SSSR count). The fourth-order valence-electron chi connectivity index (χ4n) is 2.17. The summed E-state index contributed by atoms with van der Waals surface area (Å²) in [5, 5.41) is 1.25. The fourth-order valence-corrected chi connectivity index (χ4v) is 3.26. The van der Waals surface area contributed by atoms with Crippen molar-refractivity contribution in [1.82, 2.24) is 0 Å². The minimum absolute atomic E-state index is 0.561. The smallest absolute Gasteiger partial charge is 0.0735 e. The van der Waals surface area contributed by atoms with Gasteiger partial charge in [-0.05, 0) is 17.9 Å². The van der Waals surface area contributed by atoms with Crippen molar-refractivity contribution in [2.45, 2.75) is 19.6 Å². The fraction of sp³-hybridized carbons (Fsp3) is 0.500. The van der Waals surface area contributed by atoms with Crippen LogP contribution in [0.15, 0.2) is 24.3 Å². The maximum absolute atomic E-state index is 5.83. The minimum atomic E-state index is 0.561. The Morgan fingerprint density at radius 1 is 1.05 bits per heavy atom. The van der Waals surface area contributed by atoms with Crippen molar-refractivity contribution in [2.24, 2.45) is 5.73 Å². The number of hydrogen-bond acceptors (Lipinski definition) is 5. The predicted molar refractivity (Wildman–Crippen MR) is 86.7 cm³/mol. The van der Waals surface area contributed by atoms with Crippen LogP contribution in [0.2, 0.25) is 0 Å². The first-order valence-corrected chi connectivity index (χ1v) is 8.02. The second-order valence-corrected chi connectivity index (χ2v) is 5.85. The van der Waals surface area contributed by atoms with E-state index >= 15 is 0 Å². The van der Waals surface area contributed by atoms with Crippen molar-refractivity contribution in [3.63, 3.8) is 0 Å². The molecule has 5 heteroatoms. The number of benzene rings is 1. The van der Waals surface area contributed by atoms with E-state index in [9.17, 15) is 0 Å². The topological polar surface area (TPSA) is 53.7 Å². The van der Waals surface area contributed by atoms with Crippen LogP contribution in [-0.4, -0.2) is 33.5 Å². The van der Waals surface area contributed by atoms with Gasteiger partial charge in [-0.3, -0.25) is 0 Å². The molecule has 0 aliphatic carbocycles. The summed E-state index contributed by atoms with van der Waals surface area (Å²) in [7, 11) is 1.70. The lowest BCUT2D eigenvalue weighted by molar-refractivity contribution is 0.0339. The number of hydrogen-bond donors (Lipinski definition) is 1. The van der Waals surface area contributed by atoms with Crippen LogP contribution in [-0.2, 0) is 27.4 Å². The molecular weight excluding hydrogens is 286 g/mol. The Hall–Kier alpha value is -0.980. The van der Waals surface area contributed by atoms with E-state index in [0.29, 0.717) is 33.0 Å². The van der Waals surface area contributed by atoms with Crippen molar-refractivity contribution in [1.29, 1.82) is 0 Å². The summed E-state index contributed by atoms with van der Waals surface area (Å²) in [6.45, 7) is 3.82. The second-order valence-electron chi connectivity index (χ2n) is 4.72. The van der Waals surface area contributed by atoms with Crippen molar-refractivity contribution in [3.8, 4) is 0 Å². The molecule has 0 bridgehead atoms. The molecule has 0 saturated heterocycles. The number of rotatable bonds is 10. The third-order valence-corrected chi connectivity index (χ3v) is 4.46. The maximum atomic E-state index is 5.83. The Kier molecular flexibility index (Phi) is 7.12. The highest BCUT2D eigenvalue weighted by molar-refractivity contribution is 7.19. The minimum Gasteiger partial charge on any atom is -0.385 e. The highest BCUT2D eigenvalue weighted by Gasteiger charge is 2.10. The Morgan fingerprint density at radius 3 is 2.67 bits per heavy atom. The number of thiophene rings is 1. The van der Waals surface area contributed by atoms with Gasteiger partial charge in [0, 0.05) is 42.0 Å². The van der Waals surface area contributed by atoms with Crippen molar-refractivity contribution < 1.29 is 14.2 Å². The Morgan fingerprint density at radius 2 is 1.86 bits per heavy atom. The Bertz CT molecular complexity index is 541. The molecule has 4 nitrogen and oxygen atoms in total. The molecule has 21 heavy (non-hydrogen) atoms. The van der Waals surface area contributed by atoms with E-state index in [0.717, 1.165) is 13.0 Å². The highest BCUT2D eigenvalue weighted by Crippen LogP contribution is 2.31. The van der Waals surface area contributed by atoms with Gasteiger partial charge in [0.15, 0.2) is 0 Å². The number of methoxy groups -OCH3 is 1. The highest BCUT2D eigenvalue weighted by atomic mass is 32.1. The average Bonchev–Trinajstić information content (AvgIpc) is 2.88. The molecule has 0 aliphatic rings. The molecule has 0 amide bonds. The van der Waals surface area contributed by atoms with Gasteiger partial charge in [-0.15, -0.1) is 11.3 Å². The van der Waals surface area contributed by atoms with Gasteiger partial charge in [0.2, 0.25) is 0 Å².